The summed E-state index contributed by atoms with van der Waals surface area (Å²) in [7, 11) is 0. The number of aliphatic hydroxyl groups excluding tert-OH is 1. The molecule has 0 spiro atoms. The molecule has 0 unspecified atom stereocenters. The lowest BCUT2D eigenvalue weighted by molar-refractivity contribution is -0.0516. The van der Waals surface area contributed by atoms with Gasteiger partial charge in [0.05, 0.1) is 29.2 Å². The molecule has 1 aliphatic rings. The number of hydrogen-bond donors (Lipinski definition) is 2. The molecular weight excluding hydrogens is 480 g/mol. The lowest BCUT2D eigenvalue weighted by Crippen LogP contribution is -2.46. The van der Waals surface area contributed by atoms with Crippen LogP contribution in [0.15, 0.2) is 48.9 Å². The largest absolute Gasteiger partial charge is 0.387 e. The minimum atomic E-state index is -1.38. The number of aliphatic hydroxyl groups is 2. The van der Waals surface area contributed by atoms with E-state index in [4.69, 9.17) is 9.97 Å². The normalized spacial score (nSPS) is 15.9. The minimum Gasteiger partial charge on any atom is -0.387 e. The third kappa shape index (κ3) is 5.29. The zero-order valence-electron chi connectivity index (χ0n) is 20.7. The van der Waals surface area contributed by atoms with Crippen molar-refractivity contribution in [3.05, 3.63) is 66.0 Å². The lowest BCUT2D eigenvalue weighted by atomic mass is 9.98. The number of fused-ring (bicyclic) bond motifs is 1. The van der Waals surface area contributed by atoms with Gasteiger partial charge >= 0.3 is 0 Å². The Bertz CT molecular complexity index is 1400. The average Bonchev–Trinajstić information content (AvgIpc) is 3.38. The molecule has 9 nitrogen and oxygen atoms in total. The van der Waals surface area contributed by atoms with Gasteiger partial charge in [-0.05, 0) is 26.0 Å². The quantitative estimate of drug-likeness (QED) is 0.392. The molecule has 0 aliphatic carbocycles. The molecule has 1 aliphatic heterocycles. The number of aromatic nitrogens is 5. The number of nitrogens with zero attached hydrogens (tertiary/aromatic N) is 7. The Labute approximate surface area is 213 Å². The van der Waals surface area contributed by atoms with E-state index >= 15 is 0 Å². The maximum absolute atomic E-state index is 14.1. The molecule has 1 saturated heterocycles. The maximum atomic E-state index is 14.1. The highest BCUT2D eigenvalue weighted by Gasteiger charge is 2.28. The van der Waals surface area contributed by atoms with Crippen molar-refractivity contribution < 1.29 is 19.0 Å². The van der Waals surface area contributed by atoms with Gasteiger partial charge in [0.1, 0.15) is 23.1 Å². The first-order chi connectivity index (χ1) is 17.7. The Morgan fingerprint density at radius 1 is 1.05 bits per heavy atom. The van der Waals surface area contributed by atoms with Crippen molar-refractivity contribution in [3.8, 4) is 11.3 Å². The third-order valence-electron chi connectivity index (χ3n) is 6.56. The predicted octanol–water partition coefficient (Wildman–Crippen LogP) is 3.08. The van der Waals surface area contributed by atoms with Gasteiger partial charge in [0, 0.05) is 50.0 Å². The first-order valence-corrected chi connectivity index (χ1v) is 12.1. The molecule has 3 aromatic heterocycles. The van der Waals surface area contributed by atoms with E-state index in [-0.39, 0.29) is 11.5 Å². The van der Waals surface area contributed by atoms with Crippen LogP contribution >= 0.6 is 0 Å². The molecule has 1 fully saturated rings. The maximum Gasteiger partial charge on any atom is 0.181 e. The van der Waals surface area contributed by atoms with Gasteiger partial charge in [0.2, 0.25) is 0 Å². The number of hydrogen-bond acceptors (Lipinski definition) is 8. The Balaban J connectivity index is 1.47. The topological polar surface area (TPSA) is 103 Å². The van der Waals surface area contributed by atoms with Gasteiger partial charge in [-0.2, -0.15) is 5.10 Å². The van der Waals surface area contributed by atoms with Crippen molar-refractivity contribution in [3.63, 3.8) is 0 Å². The van der Waals surface area contributed by atoms with E-state index in [1.54, 1.807) is 30.6 Å². The van der Waals surface area contributed by atoms with Crippen LogP contribution in [-0.4, -0.2) is 71.6 Å². The Morgan fingerprint density at radius 2 is 1.81 bits per heavy atom. The van der Waals surface area contributed by atoms with Crippen LogP contribution < -0.4 is 4.90 Å². The Hall–Kier alpha value is -3.54. The summed E-state index contributed by atoms with van der Waals surface area (Å²) in [6, 6.07) is 8.41. The molecule has 0 bridgehead atoms. The first-order valence-electron chi connectivity index (χ1n) is 12.1. The molecule has 1 atom stereocenters. The van der Waals surface area contributed by atoms with Gasteiger partial charge in [-0.15, -0.1) is 0 Å². The van der Waals surface area contributed by atoms with E-state index in [0.717, 1.165) is 0 Å². The fraction of sp³-hybridized carbons (Fsp3) is 0.385. The smallest absolute Gasteiger partial charge is 0.181 e. The molecule has 0 amide bonds. The van der Waals surface area contributed by atoms with Crippen LogP contribution in [0.3, 0.4) is 0 Å². The van der Waals surface area contributed by atoms with Crippen LogP contribution in [0.25, 0.3) is 22.3 Å². The summed E-state index contributed by atoms with van der Waals surface area (Å²) in [5.41, 5.74) is 1.74. The van der Waals surface area contributed by atoms with Crippen molar-refractivity contribution in [1.29, 1.82) is 0 Å². The molecule has 0 saturated carbocycles. The lowest BCUT2D eigenvalue weighted by Gasteiger charge is -2.36. The van der Waals surface area contributed by atoms with Gasteiger partial charge in [-0.3, -0.25) is 9.88 Å². The third-order valence-corrected chi connectivity index (χ3v) is 6.56. The average molecular weight is 510 g/mol. The first kappa shape index (κ1) is 25.1. The number of rotatable bonds is 7. The molecule has 5 rings (SSSR count). The molecule has 0 radical (unpaired) electrons. The van der Waals surface area contributed by atoms with Gasteiger partial charge in [-0.25, -0.2) is 23.4 Å². The van der Waals surface area contributed by atoms with Crippen molar-refractivity contribution in [2.45, 2.75) is 38.9 Å². The van der Waals surface area contributed by atoms with Crippen LogP contribution in [0.4, 0.5) is 14.6 Å². The summed E-state index contributed by atoms with van der Waals surface area (Å²) < 4.78 is 28.5. The number of anilines is 1. The number of halogens is 2. The van der Waals surface area contributed by atoms with E-state index < -0.39 is 18.5 Å². The van der Waals surface area contributed by atoms with Crippen molar-refractivity contribution in [2.24, 2.45) is 0 Å². The zero-order chi connectivity index (χ0) is 26.2. The highest BCUT2D eigenvalue weighted by molar-refractivity contribution is 5.83. The van der Waals surface area contributed by atoms with Gasteiger partial charge in [0.15, 0.2) is 12.6 Å². The fourth-order valence-corrected chi connectivity index (χ4v) is 4.43. The van der Waals surface area contributed by atoms with Gasteiger partial charge < -0.3 is 15.1 Å². The number of alkyl halides is 1. The van der Waals surface area contributed by atoms with Crippen LogP contribution in [0.5, 0.6) is 0 Å². The monoisotopic (exact) mass is 509 g/mol. The molecule has 1 aromatic carbocycles. The van der Waals surface area contributed by atoms with Crippen LogP contribution in [-0.2, 0) is 13.3 Å². The molecule has 37 heavy (non-hydrogen) atoms. The predicted molar refractivity (Wildman–Crippen MR) is 135 cm³/mol. The standard InChI is InChI=1S/C26H29F2N7O2/c1-26(2,37)24(36)21-11-20-22(13-29-21)31-23(18-12-30-35(15-18)16-27)25(32-20)34-9-7-33(8-10-34)14-17-5-3-4-6-19(17)28/h3-6,11-13,15,24,36-37H,7-10,14,16H2,1-2H3/t24-/m0/s1. The second-order valence-electron chi connectivity index (χ2n) is 9.79. The zero-order valence-corrected chi connectivity index (χ0v) is 20.7. The molecule has 4 aromatic rings. The summed E-state index contributed by atoms with van der Waals surface area (Å²) in [5.74, 6) is 0.390. The Morgan fingerprint density at radius 3 is 2.49 bits per heavy atom. The minimum absolute atomic E-state index is 0.213. The molecule has 194 valence electrons. The fourth-order valence-electron chi connectivity index (χ4n) is 4.43. The van der Waals surface area contributed by atoms with Crippen LogP contribution in [0.1, 0.15) is 31.2 Å². The molecule has 4 heterocycles. The van der Waals surface area contributed by atoms with E-state index in [9.17, 15) is 19.0 Å². The van der Waals surface area contributed by atoms with E-state index in [1.165, 1.54) is 30.8 Å². The van der Waals surface area contributed by atoms with E-state index in [2.05, 4.69) is 19.9 Å². The second kappa shape index (κ2) is 10.1. The number of piperazine rings is 1. The summed E-state index contributed by atoms with van der Waals surface area (Å²) in [6.45, 7) is 5.41. The van der Waals surface area contributed by atoms with Crippen LogP contribution in [0, 0.1) is 5.82 Å². The highest BCUT2D eigenvalue weighted by Crippen LogP contribution is 2.32. The van der Waals surface area contributed by atoms with Crippen LogP contribution in [0.2, 0.25) is 0 Å². The van der Waals surface area contributed by atoms with Gasteiger partial charge in [0.25, 0.3) is 0 Å². The highest BCUT2D eigenvalue weighted by atomic mass is 19.1. The van der Waals surface area contributed by atoms with Gasteiger partial charge in [-0.1, -0.05) is 18.2 Å². The summed E-state index contributed by atoms with van der Waals surface area (Å²) in [4.78, 5) is 18.2. The summed E-state index contributed by atoms with van der Waals surface area (Å²) >= 11 is 0. The second-order valence-corrected chi connectivity index (χ2v) is 9.79. The van der Waals surface area contributed by atoms with Crippen molar-refractivity contribution >= 4 is 16.9 Å². The molecule has 2 N–H and O–H groups in total. The number of pyridine rings is 1. The SMILES string of the molecule is CC(C)(O)[C@@H](O)c1cc2nc(N3CCN(Cc4ccccc4F)CC3)c(-c3cnn(CF)c3)nc2cn1. The Kier molecular flexibility index (Phi) is 6.84. The summed E-state index contributed by atoms with van der Waals surface area (Å²) in [6.07, 6.45) is 3.43. The molecular formula is C26H29F2N7O2. The van der Waals surface area contributed by atoms with Crippen molar-refractivity contribution in [1.82, 2.24) is 29.6 Å². The molecule has 11 heteroatoms. The number of benzene rings is 1. The van der Waals surface area contributed by atoms with Crippen molar-refractivity contribution in [2.75, 3.05) is 31.1 Å². The summed E-state index contributed by atoms with van der Waals surface area (Å²) in [5, 5.41) is 24.8. The van der Waals surface area contributed by atoms with E-state index in [0.29, 0.717) is 66.4 Å². The van der Waals surface area contributed by atoms with E-state index in [1.807, 2.05) is 6.07 Å².